The second-order valence-corrected chi connectivity index (χ2v) is 2.65. The van der Waals surface area contributed by atoms with Crippen LogP contribution in [0.5, 0.6) is 0 Å². The summed E-state index contributed by atoms with van der Waals surface area (Å²) in [4.78, 5) is 2.22. The summed E-state index contributed by atoms with van der Waals surface area (Å²) in [6, 6.07) is 0. The third-order valence-corrected chi connectivity index (χ3v) is 1.88. The van der Waals surface area contributed by atoms with Gasteiger partial charge in [-0.05, 0) is 19.5 Å². The number of halogens is 1. The molecule has 0 aliphatic carbocycles. The molecule has 0 spiro atoms. The zero-order valence-corrected chi connectivity index (χ0v) is 8.68. The molecule has 0 saturated heterocycles. The molecule has 76 valence electrons. The van der Waals surface area contributed by atoms with E-state index < -0.39 is 6.10 Å². The molecular formula is C8H20ClNO2. The molecule has 0 aliphatic heterocycles. The van der Waals surface area contributed by atoms with Crippen LogP contribution in [0.25, 0.3) is 0 Å². The zero-order chi connectivity index (χ0) is 8.69. The van der Waals surface area contributed by atoms with Gasteiger partial charge in [0.25, 0.3) is 0 Å². The largest absolute Gasteiger partial charge is 0.394 e. The maximum atomic E-state index is 9.02. The van der Waals surface area contributed by atoms with Crippen LogP contribution >= 0.6 is 12.4 Å². The van der Waals surface area contributed by atoms with E-state index in [1.807, 2.05) is 0 Å². The van der Waals surface area contributed by atoms with Crippen molar-refractivity contribution in [2.75, 3.05) is 26.2 Å². The normalized spacial score (nSPS) is 12.8. The predicted octanol–water partition coefficient (Wildman–Crippen LogP) is 0.493. The second kappa shape index (κ2) is 9.26. The first-order chi connectivity index (χ1) is 5.24. The molecule has 0 rings (SSSR count). The van der Waals surface area contributed by atoms with Crippen molar-refractivity contribution in [2.24, 2.45) is 0 Å². The fraction of sp³-hybridized carbons (Fsp3) is 1.00. The van der Waals surface area contributed by atoms with Gasteiger partial charge in [-0.2, -0.15) is 0 Å². The molecule has 0 amide bonds. The monoisotopic (exact) mass is 197 g/mol. The van der Waals surface area contributed by atoms with Crippen molar-refractivity contribution in [1.29, 1.82) is 0 Å². The second-order valence-electron chi connectivity index (χ2n) is 2.65. The highest BCUT2D eigenvalue weighted by Gasteiger charge is 2.04. The molecule has 1 unspecified atom stereocenters. The highest BCUT2D eigenvalue weighted by Crippen LogP contribution is 1.94. The lowest BCUT2D eigenvalue weighted by atomic mass is 10.2. The Balaban J connectivity index is 0. The first-order valence-corrected chi connectivity index (χ1v) is 4.25. The van der Waals surface area contributed by atoms with Gasteiger partial charge in [-0.25, -0.2) is 0 Å². The topological polar surface area (TPSA) is 43.7 Å². The van der Waals surface area contributed by atoms with Crippen molar-refractivity contribution in [1.82, 2.24) is 4.90 Å². The number of nitrogens with zero attached hydrogens (tertiary/aromatic N) is 1. The molecule has 0 radical (unpaired) electrons. The van der Waals surface area contributed by atoms with Crippen LogP contribution in [0.3, 0.4) is 0 Å². The first kappa shape index (κ1) is 14.7. The van der Waals surface area contributed by atoms with Gasteiger partial charge in [0.1, 0.15) is 0 Å². The van der Waals surface area contributed by atoms with E-state index in [9.17, 15) is 0 Å². The molecule has 0 fully saturated rings. The summed E-state index contributed by atoms with van der Waals surface area (Å²) in [6.45, 7) is 6.95. The van der Waals surface area contributed by atoms with E-state index in [-0.39, 0.29) is 19.0 Å². The predicted molar refractivity (Wildman–Crippen MR) is 52.7 cm³/mol. The van der Waals surface area contributed by atoms with E-state index in [4.69, 9.17) is 10.2 Å². The number of hydrogen-bond acceptors (Lipinski definition) is 3. The number of aliphatic hydroxyl groups excluding tert-OH is 2. The van der Waals surface area contributed by atoms with Gasteiger partial charge in [0.15, 0.2) is 0 Å². The molecule has 12 heavy (non-hydrogen) atoms. The first-order valence-electron chi connectivity index (χ1n) is 4.25. The Labute approximate surface area is 80.8 Å². The van der Waals surface area contributed by atoms with Gasteiger partial charge in [0, 0.05) is 6.54 Å². The number of aliphatic hydroxyl groups is 2. The van der Waals surface area contributed by atoms with E-state index in [0.717, 1.165) is 19.6 Å². The van der Waals surface area contributed by atoms with Crippen molar-refractivity contribution in [3.05, 3.63) is 0 Å². The fourth-order valence-corrected chi connectivity index (χ4v) is 0.963. The molecule has 4 heteroatoms. The van der Waals surface area contributed by atoms with Crippen LogP contribution in [0.15, 0.2) is 0 Å². The Kier molecular flexibility index (Phi) is 11.3. The molecule has 2 N–H and O–H groups in total. The SMILES string of the molecule is CCN(CC)CCC(O)CO.Cl. The summed E-state index contributed by atoms with van der Waals surface area (Å²) in [6.07, 6.45) is 0.119. The molecule has 0 aromatic heterocycles. The lowest BCUT2D eigenvalue weighted by molar-refractivity contribution is 0.0784. The Bertz CT molecular complexity index is 89.1. The summed E-state index contributed by atoms with van der Waals surface area (Å²) in [5.41, 5.74) is 0. The average Bonchev–Trinajstić information content (AvgIpc) is 2.06. The van der Waals surface area contributed by atoms with E-state index in [1.54, 1.807) is 0 Å². The summed E-state index contributed by atoms with van der Waals surface area (Å²) in [7, 11) is 0. The summed E-state index contributed by atoms with van der Waals surface area (Å²) >= 11 is 0. The van der Waals surface area contributed by atoms with E-state index >= 15 is 0 Å². The van der Waals surface area contributed by atoms with Crippen LogP contribution in [-0.2, 0) is 0 Å². The molecule has 0 saturated carbocycles. The average molecular weight is 198 g/mol. The maximum absolute atomic E-state index is 9.02. The standard InChI is InChI=1S/C8H19NO2.ClH/c1-3-9(4-2)6-5-8(11)7-10;/h8,10-11H,3-7H2,1-2H3;1H. The van der Waals surface area contributed by atoms with Crippen LogP contribution in [0.1, 0.15) is 20.3 Å². The minimum Gasteiger partial charge on any atom is -0.394 e. The third kappa shape index (κ3) is 6.85. The molecule has 0 aromatic rings. The quantitative estimate of drug-likeness (QED) is 0.652. The summed E-state index contributed by atoms with van der Waals surface area (Å²) in [5.74, 6) is 0. The van der Waals surface area contributed by atoms with Gasteiger partial charge >= 0.3 is 0 Å². The Morgan fingerprint density at radius 2 is 1.75 bits per heavy atom. The van der Waals surface area contributed by atoms with Crippen LogP contribution in [0.4, 0.5) is 0 Å². The minimum absolute atomic E-state index is 0. The van der Waals surface area contributed by atoms with Gasteiger partial charge in [0.2, 0.25) is 0 Å². The molecule has 0 heterocycles. The van der Waals surface area contributed by atoms with Crippen LogP contribution < -0.4 is 0 Å². The van der Waals surface area contributed by atoms with Gasteiger partial charge in [-0.3, -0.25) is 0 Å². The van der Waals surface area contributed by atoms with Crippen LogP contribution in [0, 0.1) is 0 Å². The van der Waals surface area contributed by atoms with E-state index in [2.05, 4.69) is 18.7 Å². The van der Waals surface area contributed by atoms with Crippen molar-refractivity contribution in [3.8, 4) is 0 Å². The smallest absolute Gasteiger partial charge is 0.0783 e. The van der Waals surface area contributed by atoms with E-state index in [0.29, 0.717) is 6.42 Å². The maximum Gasteiger partial charge on any atom is 0.0783 e. The van der Waals surface area contributed by atoms with Gasteiger partial charge in [0.05, 0.1) is 12.7 Å². The van der Waals surface area contributed by atoms with Crippen molar-refractivity contribution in [2.45, 2.75) is 26.4 Å². The number of hydrogen-bond donors (Lipinski definition) is 2. The minimum atomic E-state index is -0.546. The van der Waals surface area contributed by atoms with Crippen LogP contribution in [0.2, 0.25) is 0 Å². The van der Waals surface area contributed by atoms with Crippen molar-refractivity contribution < 1.29 is 10.2 Å². The fourth-order valence-electron chi connectivity index (χ4n) is 0.963. The Morgan fingerprint density at radius 1 is 1.25 bits per heavy atom. The molecular weight excluding hydrogens is 178 g/mol. The van der Waals surface area contributed by atoms with Crippen molar-refractivity contribution >= 4 is 12.4 Å². The van der Waals surface area contributed by atoms with Gasteiger partial charge < -0.3 is 15.1 Å². The Morgan fingerprint density at radius 3 is 2.08 bits per heavy atom. The molecule has 1 atom stereocenters. The number of rotatable bonds is 6. The molecule has 3 nitrogen and oxygen atoms in total. The lowest BCUT2D eigenvalue weighted by Gasteiger charge is -2.18. The molecule has 0 aliphatic rings. The summed E-state index contributed by atoms with van der Waals surface area (Å²) < 4.78 is 0. The van der Waals surface area contributed by atoms with Crippen molar-refractivity contribution in [3.63, 3.8) is 0 Å². The zero-order valence-electron chi connectivity index (χ0n) is 7.86. The van der Waals surface area contributed by atoms with Gasteiger partial charge in [-0.1, -0.05) is 13.8 Å². The summed E-state index contributed by atoms with van der Waals surface area (Å²) in [5, 5.41) is 17.5. The van der Waals surface area contributed by atoms with Gasteiger partial charge in [-0.15, -0.1) is 12.4 Å². The molecule has 0 aromatic carbocycles. The highest BCUT2D eigenvalue weighted by molar-refractivity contribution is 5.85. The molecule has 0 bridgehead atoms. The third-order valence-electron chi connectivity index (χ3n) is 1.88. The lowest BCUT2D eigenvalue weighted by Crippen LogP contribution is -2.28. The van der Waals surface area contributed by atoms with Crippen LogP contribution in [-0.4, -0.2) is 47.5 Å². The van der Waals surface area contributed by atoms with E-state index in [1.165, 1.54) is 0 Å². The Hall–Kier alpha value is 0.170. The highest BCUT2D eigenvalue weighted by atomic mass is 35.5.